The molecule has 0 aromatic rings. The van der Waals surface area contributed by atoms with Gasteiger partial charge in [0.2, 0.25) is 11.8 Å². The van der Waals surface area contributed by atoms with Gasteiger partial charge in [-0.2, -0.15) is 0 Å². The van der Waals surface area contributed by atoms with Gasteiger partial charge in [-0.05, 0) is 6.08 Å². The highest BCUT2D eigenvalue weighted by atomic mass is 16.6. The smallest absolute Gasteiger partial charge is 0.246 e. The topological polar surface area (TPSA) is 142 Å². The summed E-state index contributed by atoms with van der Waals surface area (Å²) in [6.07, 6.45) is 2.67. The van der Waals surface area contributed by atoms with Crippen LogP contribution in [0.3, 0.4) is 0 Å². The first-order valence-electron chi connectivity index (χ1n) is 10.8. The number of nitrogens with zero attached hydrogens (tertiary/aromatic N) is 1. The molecule has 0 aromatic carbocycles. The number of carbonyl (C=O) groups excluding carboxylic acids is 3. The van der Waals surface area contributed by atoms with E-state index in [1.165, 1.54) is 11.9 Å². The van der Waals surface area contributed by atoms with Crippen molar-refractivity contribution in [3.8, 4) is 0 Å². The molecule has 0 rings (SSSR count). The second kappa shape index (κ2) is 24.7. The summed E-state index contributed by atoms with van der Waals surface area (Å²) in [4.78, 5) is 34.6. The lowest BCUT2D eigenvalue weighted by Gasteiger charge is -2.14. The number of amides is 2. The van der Waals surface area contributed by atoms with Crippen LogP contribution in [0.25, 0.3) is 0 Å². The van der Waals surface area contributed by atoms with Crippen molar-refractivity contribution in [1.82, 2.24) is 10.2 Å². The van der Waals surface area contributed by atoms with Gasteiger partial charge in [-0.25, -0.2) is 0 Å². The Bertz CT molecular complexity index is 519. The number of hydrogen-bond acceptors (Lipinski definition) is 10. The van der Waals surface area contributed by atoms with Gasteiger partial charge in [-0.15, -0.1) is 0 Å². The van der Waals surface area contributed by atoms with Crippen molar-refractivity contribution < 1.29 is 47.9 Å². The Morgan fingerprint density at radius 1 is 0.758 bits per heavy atom. The Hall–Kier alpha value is -1.93. The molecule has 0 unspecified atom stereocenters. The molecule has 0 atom stereocenters. The molecule has 0 aliphatic carbocycles. The zero-order chi connectivity index (χ0) is 24.4. The van der Waals surface area contributed by atoms with Crippen LogP contribution in [0.5, 0.6) is 0 Å². The number of hydrogen-bond donors (Lipinski definition) is 2. The molecule has 0 fully saturated rings. The van der Waals surface area contributed by atoms with E-state index in [9.17, 15) is 14.4 Å². The lowest BCUT2D eigenvalue weighted by Crippen LogP contribution is -2.38. The standard InChI is InChI=1S/C21H38N2O10/c1-23(21(27)3-2-5-24)19-20(26)22-4-7-28-9-11-30-13-15-32-17-18-33-16-14-31-12-10-29-8-6-25/h2-3,5,25H,4,6-19H2,1H3,(H,22,26)/b3-2-. The fourth-order valence-corrected chi connectivity index (χ4v) is 2.13. The number of rotatable bonds is 24. The summed E-state index contributed by atoms with van der Waals surface area (Å²) in [7, 11) is 1.47. The number of aliphatic hydroxyl groups is 1. The molecular formula is C21H38N2O10. The van der Waals surface area contributed by atoms with Crippen LogP contribution in [0, 0.1) is 0 Å². The quantitative estimate of drug-likeness (QED) is 0.0947. The van der Waals surface area contributed by atoms with Crippen LogP contribution in [-0.2, 0) is 42.8 Å². The molecule has 12 nitrogen and oxygen atoms in total. The average molecular weight is 479 g/mol. The molecule has 0 aromatic heterocycles. The Kier molecular flexibility index (Phi) is 23.3. The van der Waals surface area contributed by atoms with E-state index >= 15 is 0 Å². The first-order valence-corrected chi connectivity index (χ1v) is 10.8. The summed E-state index contributed by atoms with van der Waals surface area (Å²) in [5, 5.41) is 11.2. The number of allylic oxidation sites excluding steroid dienone is 1. The first-order chi connectivity index (χ1) is 16.1. The second-order valence-electron chi connectivity index (χ2n) is 6.44. The van der Waals surface area contributed by atoms with E-state index < -0.39 is 5.91 Å². The summed E-state index contributed by atoms with van der Waals surface area (Å²) in [6.45, 7) is 5.37. The summed E-state index contributed by atoms with van der Waals surface area (Å²) in [5.74, 6) is -0.743. The molecule has 2 amide bonds. The van der Waals surface area contributed by atoms with Crippen LogP contribution < -0.4 is 5.32 Å². The summed E-state index contributed by atoms with van der Waals surface area (Å²) in [6, 6.07) is 0. The second-order valence-corrected chi connectivity index (χ2v) is 6.44. The van der Waals surface area contributed by atoms with Gasteiger partial charge in [0.05, 0.1) is 92.4 Å². The van der Waals surface area contributed by atoms with Crippen molar-refractivity contribution in [1.29, 1.82) is 0 Å². The highest BCUT2D eigenvalue weighted by Gasteiger charge is 2.09. The molecule has 0 spiro atoms. The van der Waals surface area contributed by atoms with E-state index in [1.807, 2.05) is 0 Å². The Labute approximate surface area is 195 Å². The third-order valence-corrected chi connectivity index (χ3v) is 3.74. The van der Waals surface area contributed by atoms with Crippen molar-refractivity contribution in [2.75, 3.05) is 106 Å². The maximum atomic E-state index is 11.7. The minimum Gasteiger partial charge on any atom is -0.394 e. The van der Waals surface area contributed by atoms with E-state index in [-0.39, 0.29) is 19.1 Å². The van der Waals surface area contributed by atoms with Gasteiger partial charge in [-0.1, -0.05) is 0 Å². The third kappa shape index (κ3) is 23.0. The molecule has 0 saturated carbocycles. The zero-order valence-corrected chi connectivity index (χ0v) is 19.4. The molecule has 2 N–H and O–H groups in total. The van der Waals surface area contributed by atoms with Crippen molar-refractivity contribution in [3.63, 3.8) is 0 Å². The van der Waals surface area contributed by atoms with Crippen molar-refractivity contribution in [2.45, 2.75) is 0 Å². The summed E-state index contributed by atoms with van der Waals surface area (Å²) >= 11 is 0. The van der Waals surface area contributed by atoms with Crippen LogP contribution in [0.1, 0.15) is 0 Å². The minimum atomic E-state index is -0.426. The molecule has 0 bridgehead atoms. The average Bonchev–Trinajstić information content (AvgIpc) is 2.81. The Balaban J connectivity index is 3.28. The monoisotopic (exact) mass is 478 g/mol. The molecule has 0 radical (unpaired) electrons. The number of aliphatic hydroxyl groups excluding tert-OH is 1. The number of likely N-dealkylation sites (N-methyl/N-ethyl adjacent to an activating group) is 1. The van der Waals surface area contributed by atoms with Gasteiger partial charge in [0.15, 0.2) is 0 Å². The number of nitrogens with one attached hydrogen (secondary N) is 1. The van der Waals surface area contributed by atoms with Crippen LogP contribution in [0.15, 0.2) is 12.2 Å². The van der Waals surface area contributed by atoms with E-state index in [0.29, 0.717) is 92.1 Å². The highest BCUT2D eigenvalue weighted by Crippen LogP contribution is 1.87. The fraction of sp³-hybridized carbons (Fsp3) is 0.762. The Morgan fingerprint density at radius 2 is 1.18 bits per heavy atom. The van der Waals surface area contributed by atoms with E-state index in [4.69, 9.17) is 33.5 Å². The lowest BCUT2D eigenvalue weighted by molar-refractivity contribution is -0.131. The maximum Gasteiger partial charge on any atom is 0.246 e. The number of aldehydes is 1. The van der Waals surface area contributed by atoms with Gasteiger partial charge in [0.25, 0.3) is 0 Å². The van der Waals surface area contributed by atoms with Crippen LogP contribution in [0.4, 0.5) is 0 Å². The molecule has 33 heavy (non-hydrogen) atoms. The molecule has 0 aliphatic heterocycles. The lowest BCUT2D eigenvalue weighted by atomic mass is 10.4. The third-order valence-electron chi connectivity index (χ3n) is 3.74. The number of ether oxygens (including phenoxy) is 6. The van der Waals surface area contributed by atoms with E-state index in [0.717, 1.165) is 12.2 Å². The summed E-state index contributed by atoms with van der Waals surface area (Å²) in [5.41, 5.74) is 0. The van der Waals surface area contributed by atoms with Gasteiger partial charge >= 0.3 is 0 Å². The van der Waals surface area contributed by atoms with E-state index in [2.05, 4.69) is 5.32 Å². The normalized spacial score (nSPS) is 11.1. The van der Waals surface area contributed by atoms with Crippen LogP contribution in [-0.4, -0.2) is 134 Å². The summed E-state index contributed by atoms with van der Waals surface area (Å²) < 4.78 is 31.8. The van der Waals surface area contributed by atoms with Gasteiger partial charge in [-0.3, -0.25) is 14.4 Å². The van der Waals surface area contributed by atoms with Gasteiger partial charge < -0.3 is 43.7 Å². The first kappa shape index (κ1) is 31.1. The zero-order valence-electron chi connectivity index (χ0n) is 19.4. The molecule has 12 heteroatoms. The van der Waals surface area contributed by atoms with Gasteiger partial charge in [0, 0.05) is 19.7 Å². The maximum absolute atomic E-state index is 11.7. The highest BCUT2D eigenvalue weighted by molar-refractivity contribution is 5.93. The minimum absolute atomic E-state index is 0.0119. The predicted molar refractivity (Wildman–Crippen MR) is 118 cm³/mol. The molecular weight excluding hydrogens is 440 g/mol. The SMILES string of the molecule is CN(CC(=O)NCCOCCOCCOCCOCCOCCOCCO)C(=O)/C=C\C=O. The van der Waals surface area contributed by atoms with Crippen molar-refractivity contribution >= 4 is 18.1 Å². The Morgan fingerprint density at radius 3 is 1.61 bits per heavy atom. The van der Waals surface area contributed by atoms with Crippen molar-refractivity contribution in [2.24, 2.45) is 0 Å². The molecule has 192 valence electrons. The van der Waals surface area contributed by atoms with E-state index in [1.54, 1.807) is 0 Å². The predicted octanol–water partition coefficient (Wildman–Crippen LogP) is -1.59. The molecule has 0 saturated heterocycles. The van der Waals surface area contributed by atoms with Crippen LogP contribution >= 0.6 is 0 Å². The van der Waals surface area contributed by atoms with Crippen molar-refractivity contribution in [3.05, 3.63) is 12.2 Å². The number of carbonyl (C=O) groups is 3. The largest absolute Gasteiger partial charge is 0.394 e. The fourth-order valence-electron chi connectivity index (χ4n) is 2.13. The molecule has 0 aliphatic rings. The van der Waals surface area contributed by atoms with Crippen LogP contribution in [0.2, 0.25) is 0 Å². The molecule has 0 heterocycles. The van der Waals surface area contributed by atoms with Gasteiger partial charge in [0.1, 0.15) is 6.29 Å².